The van der Waals surface area contributed by atoms with Crippen molar-refractivity contribution in [3.8, 4) is 0 Å². The normalized spacial score (nSPS) is 27.9. The molecule has 2 unspecified atom stereocenters. The van der Waals surface area contributed by atoms with Crippen LogP contribution in [-0.2, 0) is 22.5 Å². The topological polar surface area (TPSA) is 70.2 Å². The maximum Gasteiger partial charge on any atom is 0.240 e. The summed E-state index contributed by atoms with van der Waals surface area (Å²) in [5, 5.41) is 3.27. The number of ether oxygens (including phenoxy) is 1. The van der Waals surface area contributed by atoms with Crippen LogP contribution in [0.15, 0.2) is 6.33 Å². The molecular weight excluding hydrogens is 232 g/mol. The van der Waals surface area contributed by atoms with E-state index in [1.54, 1.807) is 6.33 Å². The van der Waals surface area contributed by atoms with Gasteiger partial charge in [-0.2, -0.15) is 0 Å². The largest absolute Gasteiger partial charge is 0.375 e. The highest BCUT2D eigenvalue weighted by molar-refractivity contribution is 5.82. The van der Waals surface area contributed by atoms with E-state index in [9.17, 15) is 4.79 Å². The average molecular weight is 250 g/mol. The molecule has 1 fully saturated rings. The third-order valence-corrected chi connectivity index (χ3v) is 3.58. The van der Waals surface area contributed by atoms with E-state index in [4.69, 9.17) is 4.74 Å². The fourth-order valence-electron chi connectivity index (χ4n) is 2.58. The predicted molar refractivity (Wildman–Crippen MR) is 64.9 cm³/mol. The lowest BCUT2D eigenvalue weighted by atomic mass is 10.0. The number of hydrogen-bond acceptors (Lipinski definition) is 4. The van der Waals surface area contributed by atoms with E-state index in [1.165, 1.54) is 0 Å². The van der Waals surface area contributed by atoms with Gasteiger partial charge >= 0.3 is 0 Å². The van der Waals surface area contributed by atoms with Gasteiger partial charge in [-0.3, -0.25) is 10.1 Å². The standard InChI is InChI=1S/C12H18N4O2/c1-8-6-16(2-3-18-8)12(17)10-4-9-11(5-13-10)15-7-14-9/h7-8,10,13H,2-6H2,1H3,(H,14,15). The number of nitrogens with one attached hydrogen (secondary N) is 2. The molecule has 0 radical (unpaired) electrons. The van der Waals surface area contributed by atoms with Crippen LogP contribution in [0.4, 0.5) is 0 Å². The number of hydrogen-bond donors (Lipinski definition) is 2. The van der Waals surface area contributed by atoms with Crippen molar-refractivity contribution in [2.75, 3.05) is 19.7 Å². The van der Waals surface area contributed by atoms with Crippen LogP contribution < -0.4 is 5.32 Å². The Balaban J connectivity index is 1.67. The van der Waals surface area contributed by atoms with Crippen molar-refractivity contribution >= 4 is 5.91 Å². The first-order chi connectivity index (χ1) is 8.74. The molecule has 0 aliphatic carbocycles. The predicted octanol–water partition coefficient (Wildman–Crippen LogP) is -0.329. The van der Waals surface area contributed by atoms with Gasteiger partial charge in [-0.1, -0.05) is 0 Å². The number of imidazole rings is 1. The third-order valence-electron chi connectivity index (χ3n) is 3.58. The zero-order chi connectivity index (χ0) is 12.5. The van der Waals surface area contributed by atoms with Gasteiger partial charge in [0.25, 0.3) is 0 Å². The zero-order valence-electron chi connectivity index (χ0n) is 10.5. The van der Waals surface area contributed by atoms with E-state index >= 15 is 0 Å². The molecule has 2 N–H and O–H groups in total. The van der Waals surface area contributed by atoms with E-state index in [0.29, 0.717) is 32.7 Å². The molecule has 3 rings (SSSR count). The highest BCUT2D eigenvalue weighted by Crippen LogP contribution is 2.15. The summed E-state index contributed by atoms with van der Waals surface area (Å²) < 4.78 is 5.46. The number of amides is 1. The number of nitrogens with zero attached hydrogens (tertiary/aromatic N) is 2. The Morgan fingerprint density at radius 3 is 3.33 bits per heavy atom. The Morgan fingerprint density at radius 1 is 1.61 bits per heavy atom. The molecule has 0 aromatic carbocycles. The number of fused-ring (bicyclic) bond motifs is 1. The third kappa shape index (κ3) is 2.13. The lowest BCUT2D eigenvalue weighted by Gasteiger charge is -2.34. The molecule has 2 aliphatic heterocycles. The van der Waals surface area contributed by atoms with Gasteiger partial charge in [-0.05, 0) is 6.92 Å². The fraction of sp³-hybridized carbons (Fsp3) is 0.667. The molecule has 98 valence electrons. The van der Waals surface area contributed by atoms with Gasteiger partial charge < -0.3 is 14.6 Å². The highest BCUT2D eigenvalue weighted by atomic mass is 16.5. The summed E-state index contributed by atoms with van der Waals surface area (Å²) in [4.78, 5) is 21.6. The summed E-state index contributed by atoms with van der Waals surface area (Å²) in [6.45, 7) is 4.69. The summed E-state index contributed by atoms with van der Waals surface area (Å²) in [5.74, 6) is 0.166. The average Bonchev–Trinajstić information content (AvgIpc) is 2.85. The molecule has 0 spiro atoms. The van der Waals surface area contributed by atoms with Crippen molar-refractivity contribution in [2.45, 2.75) is 32.0 Å². The summed E-state index contributed by atoms with van der Waals surface area (Å²) >= 11 is 0. The SMILES string of the molecule is CC1CN(C(=O)C2Cc3nc[nH]c3CN2)CCO1. The molecule has 18 heavy (non-hydrogen) atoms. The van der Waals surface area contributed by atoms with Crippen molar-refractivity contribution in [1.82, 2.24) is 20.2 Å². The molecule has 2 aliphatic rings. The number of rotatable bonds is 1. The first-order valence-electron chi connectivity index (χ1n) is 6.39. The van der Waals surface area contributed by atoms with Gasteiger partial charge in [-0.15, -0.1) is 0 Å². The van der Waals surface area contributed by atoms with E-state index in [2.05, 4.69) is 15.3 Å². The van der Waals surface area contributed by atoms with Gasteiger partial charge in [0.2, 0.25) is 5.91 Å². The Bertz CT molecular complexity index is 445. The molecule has 0 saturated carbocycles. The van der Waals surface area contributed by atoms with E-state index in [0.717, 1.165) is 11.4 Å². The first-order valence-corrected chi connectivity index (χ1v) is 6.39. The van der Waals surface area contributed by atoms with Crippen molar-refractivity contribution in [1.29, 1.82) is 0 Å². The number of carbonyl (C=O) groups is 1. The summed E-state index contributed by atoms with van der Waals surface area (Å²) in [6.07, 6.45) is 2.49. The fourth-order valence-corrected chi connectivity index (χ4v) is 2.58. The summed E-state index contributed by atoms with van der Waals surface area (Å²) in [6, 6.07) is -0.147. The molecule has 1 saturated heterocycles. The molecule has 1 amide bonds. The van der Waals surface area contributed by atoms with Crippen LogP contribution in [0, 0.1) is 0 Å². The van der Waals surface area contributed by atoms with Crippen LogP contribution in [0.2, 0.25) is 0 Å². The van der Waals surface area contributed by atoms with Crippen molar-refractivity contribution in [2.24, 2.45) is 0 Å². The van der Waals surface area contributed by atoms with Crippen LogP contribution in [-0.4, -0.2) is 52.6 Å². The van der Waals surface area contributed by atoms with Gasteiger partial charge in [-0.25, -0.2) is 4.98 Å². The monoisotopic (exact) mass is 250 g/mol. The van der Waals surface area contributed by atoms with Crippen LogP contribution in [0.5, 0.6) is 0 Å². The highest BCUT2D eigenvalue weighted by Gasteiger charge is 2.31. The van der Waals surface area contributed by atoms with Gasteiger partial charge in [0.1, 0.15) is 0 Å². The van der Waals surface area contributed by atoms with Gasteiger partial charge in [0.15, 0.2) is 0 Å². The molecular formula is C12H18N4O2. The maximum atomic E-state index is 12.4. The second-order valence-corrected chi connectivity index (χ2v) is 4.93. The number of aromatic amines is 1. The maximum absolute atomic E-state index is 12.4. The minimum absolute atomic E-state index is 0.132. The molecule has 1 aromatic heterocycles. The quantitative estimate of drug-likeness (QED) is 0.716. The van der Waals surface area contributed by atoms with Crippen LogP contribution in [0.3, 0.4) is 0 Å². The van der Waals surface area contributed by atoms with Gasteiger partial charge in [0, 0.05) is 26.1 Å². The van der Waals surface area contributed by atoms with E-state index in [1.807, 2.05) is 11.8 Å². The molecule has 0 bridgehead atoms. The second-order valence-electron chi connectivity index (χ2n) is 4.93. The smallest absolute Gasteiger partial charge is 0.240 e. The number of morpholine rings is 1. The first kappa shape index (κ1) is 11.7. The lowest BCUT2D eigenvalue weighted by molar-refractivity contribution is -0.140. The number of carbonyl (C=O) groups excluding carboxylic acids is 1. The molecule has 6 heteroatoms. The zero-order valence-corrected chi connectivity index (χ0v) is 10.5. The molecule has 6 nitrogen and oxygen atoms in total. The Labute approximate surface area is 106 Å². The summed E-state index contributed by atoms with van der Waals surface area (Å²) in [7, 11) is 0. The van der Waals surface area contributed by atoms with E-state index < -0.39 is 0 Å². The van der Waals surface area contributed by atoms with Gasteiger partial charge in [0.05, 0.1) is 36.5 Å². The van der Waals surface area contributed by atoms with Crippen molar-refractivity contribution < 1.29 is 9.53 Å². The number of aromatic nitrogens is 2. The molecule has 1 aromatic rings. The Hall–Kier alpha value is -1.40. The minimum atomic E-state index is -0.147. The summed E-state index contributed by atoms with van der Waals surface area (Å²) in [5.41, 5.74) is 2.10. The molecule has 2 atom stereocenters. The van der Waals surface area contributed by atoms with Crippen LogP contribution in [0.25, 0.3) is 0 Å². The Kier molecular flexibility index (Phi) is 3.05. The Morgan fingerprint density at radius 2 is 2.50 bits per heavy atom. The minimum Gasteiger partial charge on any atom is -0.375 e. The van der Waals surface area contributed by atoms with E-state index in [-0.39, 0.29) is 18.1 Å². The van der Waals surface area contributed by atoms with Crippen LogP contribution in [0.1, 0.15) is 18.3 Å². The lowest BCUT2D eigenvalue weighted by Crippen LogP contribution is -2.53. The van der Waals surface area contributed by atoms with Crippen LogP contribution >= 0.6 is 0 Å². The van der Waals surface area contributed by atoms with Crippen molar-refractivity contribution in [3.05, 3.63) is 17.7 Å². The molecule has 3 heterocycles. The number of H-pyrrole nitrogens is 1. The van der Waals surface area contributed by atoms with Crippen molar-refractivity contribution in [3.63, 3.8) is 0 Å². The second kappa shape index (κ2) is 4.70.